The second-order valence-electron chi connectivity index (χ2n) is 4.12. The van der Waals surface area contributed by atoms with Crippen molar-refractivity contribution in [3.8, 4) is 5.75 Å². The van der Waals surface area contributed by atoms with Crippen LogP contribution in [0.15, 0.2) is 30.3 Å². The van der Waals surface area contributed by atoms with E-state index in [1.807, 2.05) is 51.1 Å². The summed E-state index contributed by atoms with van der Waals surface area (Å²) in [6, 6.07) is 9.77. The van der Waals surface area contributed by atoms with Gasteiger partial charge in [0.25, 0.3) is 0 Å². The van der Waals surface area contributed by atoms with Crippen LogP contribution in [0.1, 0.15) is 20.8 Å². The minimum absolute atomic E-state index is 0.0833. The van der Waals surface area contributed by atoms with Crippen molar-refractivity contribution in [2.45, 2.75) is 26.4 Å². The van der Waals surface area contributed by atoms with E-state index >= 15 is 0 Å². The molecule has 0 fully saturated rings. The number of benzene rings is 1. The fourth-order valence-electron chi connectivity index (χ4n) is 1.02. The number of rotatable bonds is 4. The Morgan fingerprint density at radius 2 is 1.64 bits per heavy atom. The van der Waals surface area contributed by atoms with E-state index < -0.39 is 0 Å². The van der Waals surface area contributed by atoms with Crippen LogP contribution >= 0.6 is 0 Å². The van der Waals surface area contributed by atoms with E-state index in [9.17, 15) is 0 Å². The lowest BCUT2D eigenvalue weighted by molar-refractivity contribution is -0.0163. The summed E-state index contributed by atoms with van der Waals surface area (Å²) in [6.45, 7) is 7.33. The fraction of sp³-hybridized carbons (Fsp3) is 0.500. The van der Waals surface area contributed by atoms with Gasteiger partial charge in [-0.25, -0.2) is 0 Å². The van der Waals surface area contributed by atoms with E-state index in [4.69, 9.17) is 9.47 Å². The molecule has 0 atom stereocenters. The van der Waals surface area contributed by atoms with Crippen molar-refractivity contribution >= 4 is 0 Å². The molecule has 0 saturated heterocycles. The Bertz CT molecular complexity index is 249. The zero-order valence-corrected chi connectivity index (χ0v) is 9.12. The number of hydrogen-bond donors (Lipinski definition) is 0. The molecule has 1 aromatic rings. The van der Waals surface area contributed by atoms with E-state index in [0.717, 1.165) is 5.75 Å². The van der Waals surface area contributed by atoms with Crippen LogP contribution in [0.5, 0.6) is 5.75 Å². The van der Waals surface area contributed by atoms with Gasteiger partial charge in [0.2, 0.25) is 0 Å². The summed E-state index contributed by atoms with van der Waals surface area (Å²) in [6.07, 6.45) is 0. The number of para-hydroxylation sites is 1. The molecule has 0 aliphatic heterocycles. The van der Waals surface area contributed by atoms with Gasteiger partial charge in [-0.3, -0.25) is 0 Å². The molecule has 0 radical (unpaired) electrons. The molecule has 2 nitrogen and oxygen atoms in total. The molecule has 0 heterocycles. The maximum atomic E-state index is 5.53. The highest BCUT2D eigenvalue weighted by atomic mass is 16.5. The normalized spacial score (nSPS) is 11.4. The second-order valence-corrected chi connectivity index (χ2v) is 4.12. The molecule has 0 bridgehead atoms. The van der Waals surface area contributed by atoms with Crippen LogP contribution in [0.2, 0.25) is 0 Å². The largest absolute Gasteiger partial charge is 0.491 e. The van der Waals surface area contributed by atoms with E-state index in [0.29, 0.717) is 13.2 Å². The van der Waals surface area contributed by atoms with Crippen molar-refractivity contribution < 1.29 is 9.47 Å². The first-order valence-electron chi connectivity index (χ1n) is 4.90. The van der Waals surface area contributed by atoms with Gasteiger partial charge in [-0.2, -0.15) is 0 Å². The van der Waals surface area contributed by atoms with Gasteiger partial charge in [-0.15, -0.1) is 0 Å². The minimum atomic E-state index is -0.0833. The summed E-state index contributed by atoms with van der Waals surface area (Å²) in [5, 5.41) is 0. The third-order valence-electron chi connectivity index (χ3n) is 1.63. The van der Waals surface area contributed by atoms with Gasteiger partial charge in [-0.1, -0.05) is 18.2 Å². The predicted molar refractivity (Wildman–Crippen MR) is 57.6 cm³/mol. The smallest absolute Gasteiger partial charge is 0.119 e. The average molecular weight is 194 g/mol. The third kappa shape index (κ3) is 4.87. The van der Waals surface area contributed by atoms with Crippen molar-refractivity contribution in [2.24, 2.45) is 0 Å². The van der Waals surface area contributed by atoms with Crippen molar-refractivity contribution in [1.29, 1.82) is 0 Å². The Balaban J connectivity index is 2.17. The van der Waals surface area contributed by atoms with Gasteiger partial charge in [0.1, 0.15) is 12.4 Å². The first-order valence-corrected chi connectivity index (χ1v) is 4.90. The SMILES string of the molecule is CC(C)(C)OCCOc1ccccc1. The molecule has 0 amide bonds. The lowest BCUT2D eigenvalue weighted by Crippen LogP contribution is -2.22. The summed E-state index contributed by atoms with van der Waals surface area (Å²) in [4.78, 5) is 0. The van der Waals surface area contributed by atoms with Gasteiger partial charge in [0, 0.05) is 0 Å². The highest BCUT2D eigenvalue weighted by molar-refractivity contribution is 5.20. The number of hydrogen-bond acceptors (Lipinski definition) is 2. The van der Waals surface area contributed by atoms with Crippen LogP contribution in [0.3, 0.4) is 0 Å². The van der Waals surface area contributed by atoms with Crippen LogP contribution < -0.4 is 4.74 Å². The Kier molecular flexibility index (Phi) is 3.96. The first-order chi connectivity index (χ1) is 6.58. The average Bonchev–Trinajstić information content (AvgIpc) is 2.13. The molecule has 0 unspecified atom stereocenters. The fourth-order valence-corrected chi connectivity index (χ4v) is 1.02. The van der Waals surface area contributed by atoms with Crippen molar-refractivity contribution in [2.75, 3.05) is 13.2 Å². The summed E-state index contributed by atoms with van der Waals surface area (Å²) >= 11 is 0. The molecule has 0 saturated carbocycles. The van der Waals surface area contributed by atoms with Crippen LogP contribution in [0.4, 0.5) is 0 Å². The zero-order chi connectivity index (χ0) is 10.4. The van der Waals surface area contributed by atoms with Crippen molar-refractivity contribution in [3.05, 3.63) is 30.3 Å². The molecule has 2 heteroatoms. The lowest BCUT2D eigenvalue weighted by atomic mass is 10.2. The Labute approximate surface area is 85.8 Å². The summed E-state index contributed by atoms with van der Waals surface area (Å²) in [5.41, 5.74) is -0.0833. The molecule has 0 N–H and O–H groups in total. The van der Waals surface area contributed by atoms with E-state index in [2.05, 4.69) is 0 Å². The molecule has 78 valence electrons. The quantitative estimate of drug-likeness (QED) is 0.686. The molecule has 1 aromatic carbocycles. The highest BCUT2D eigenvalue weighted by Crippen LogP contribution is 2.09. The standard InChI is InChI=1S/C12H18O2/c1-12(2,3)14-10-9-13-11-7-5-4-6-8-11/h4-8H,9-10H2,1-3H3. The molecule has 0 aliphatic carbocycles. The van der Waals surface area contributed by atoms with Gasteiger partial charge < -0.3 is 9.47 Å². The Morgan fingerprint density at radius 1 is 1.00 bits per heavy atom. The van der Waals surface area contributed by atoms with Crippen LogP contribution in [-0.2, 0) is 4.74 Å². The molecule has 0 spiro atoms. The Hall–Kier alpha value is -1.02. The maximum absolute atomic E-state index is 5.53. The minimum Gasteiger partial charge on any atom is -0.491 e. The summed E-state index contributed by atoms with van der Waals surface area (Å²) in [7, 11) is 0. The molecule has 14 heavy (non-hydrogen) atoms. The van der Waals surface area contributed by atoms with E-state index in [1.165, 1.54) is 0 Å². The summed E-state index contributed by atoms with van der Waals surface area (Å²) < 4.78 is 11.0. The topological polar surface area (TPSA) is 18.5 Å². The van der Waals surface area contributed by atoms with Crippen LogP contribution in [-0.4, -0.2) is 18.8 Å². The molecule has 0 aliphatic rings. The van der Waals surface area contributed by atoms with Crippen molar-refractivity contribution in [3.63, 3.8) is 0 Å². The van der Waals surface area contributed by atoms with Gasteiger partial charge in [-0.05, 0) is 32.9 Å². The lowest BCUT2D eigenvalue weighted by Gasteiger charge is -2.19. The van der Waals surface area contributed by atoms with Crippen LogP contribution in [0, 0.1) is 0 Å². The third-order valence-corrected chi connectivity index (χ3v) is 1.63. The van der Waals surface area contributed by atoms with Gasteiger partial charge in [0.15, 0.2) is 0 Å². The van der Waals surface area contributed by atoms with Crippen molar-refractivity contribution in [1.82, 2.24) is 0 Å². The maximum Gasteiger partial charge on any atom is 0.119 e. The predicted octanol–water partition coefficient (Wildman–Crippen LogP) is 2.88. The summed E-state index contributed by atoms with van der Waals surface area (Å²) in [5.74, 6) is 0.894. The first kappa shape index (κ1) is 11.1. The second kappa shape index (κ2) is 5.01. The number of ether oxygens (including phenoxy) is 2. The van der Waals surface area contributed by atoms with Gasteiger partial charge in [0.05, 0.1) is 12.2 Å². The Morgan fingerprint density at radius 3 is 2.21 bits per heavy atom. The van der Waals surface area contributed by atoms with E-state index in [-0.39, 0.29) is 5.60 Å². The molecular formula is C12H18O2. The highest BCUT2D eigenvalue weighted by Gasteiger charge is 2.08. The molecule has 0 aromatic heterocycles. The van der Waals surface area contributed by atoms with Crippen LogP contribution in [0.25, 0.3) is 0 Å². The monoisotopic (exact) mass is 194 g/mol. The van der Waals surface area contributed by atoms with E-state index in [1.54, 1.807) is 0 Å². The molecule has 1 rings (SSSR count). The zero-order valence-electron chi connectivity index (χ0n) is 9.12. The molecular weight excluding hydrogens is 176 g/mol. The van der Waals surface area contributed by atoms with Gasteiger partial charge >= 0.3 is 0 Å².